The van der Waals surface area contributed by atoms with Gasteiger partial charge in [-0.3, -0.25) is 4.98 Å². The average Bonchev–Trinajstić information content (AvgIpc) is 2.64. The Morgan fingerprint density at radius 2 is 1.81 bits per heavy atom. The van der Waals surface area contributed by atoms with Crippen molar-refractivity contribution in [1.82, 2.24) is 10.3 Å². The molecule has 0 saturated carbocycles. The Kier molecular flexibility index (Phi) is 8.59. The highest BCUT2D eigenvalue weighted by molar-refractivity contribution is 6.73. The van der Waals surface area contributed by atoms with Crippen molar-refractivity contribution < 1.29 is 9.16 Å². The lowest BCUT2D eigenvalue weighted by atomic mass is 9.95. The first-order valence-corrected chi connectivity index (χ1v) is 13.4. The van der Waals surface area contributed by atoms with E-state index in [2.05, 4.69) is 44.9 Å². The summed E-state index contributed by atoms with van der Waals surface area (Å²) in [5.41, 5.74) is 0.825. The van der Waals surface area contributed by atoms with Gasteiger partial charge in [-0.1, -0.05) is 44.0 Å². The first kappa shape index (κ1) is 23.1. The van der Waals surface area contributed by atoms with Gasteiger partial charge in [-0.05, 0) is 35.0 Å². The summed E-state index contributed by atoms with van der Waals surface area (Å²) < 4.78 is 12.8. The van der Waals surface area contributed by atoms with Gasteiger partial charge in [0.05, 0.1) is 28.4 Å². The Morgan fingerprint density at radius 3 is 2.30 bits per heavy atom. The molecule has 0 radical (unpaired) electrons. The zero-order chi connectivity index (χ0) is 20.1. The number of aromatic nitrogens is 1. The minimum atomic E-state index is -1.83. The van der Waals surface area contributed by atoms with Crippen LogP contribution in [-0.2, 0) is 9.16 Å². The quantitative estimate of drug-likeness (QED) is 0.485. The Morgan fingerprint density at radius 1 is 1.22 bits per heavy atom. The van der Waals surface area contributed by atoms with E-state index in [0.29, 0.717) is 22.6 Å². The van der Waals surface area contributed by atoms with Crippen LogP contribution in [0.3, 0.4) is 0 Å². The molecule has 1 aliphatic rings. The van der Waals surface area contributed by atoms with Crippen molar-refractivity contribution in [3.05, 3.63) is 28.0 Å². The molecule has 0 spiro atoms. The molecule has 2 heterocycles. The van der Waals surface area contributed by atoms with Crippen LogP contribution in [0.2, 0.25) is 28.2 Å². The summed E-state index contributed by atoms with van der Waals surface area (Å²) >= 11 is 13.0. The van der Waals surface area contributed by atoms with Crippen molar-refractivity contribution in [1.29, 1.82) is 0 Å². The molecule has 1 aromatic rings. The maximum absolute atomic E-state index is 6.80. The molecule has 1 fully saturated rings. The van der Waals surface area contributed by atoms with Crippen molar-refractivity contribution in [2.24, 2.45) is 0 Å². The van der Waals surface area contributed by atoms with Gasteiger partial charge in [-0.25, -0.2) is 0 Å². The Balaban J connectivity index is 2.17. The molecule has 1 saturated heterocycles. The lowest BCUT2D eigenvalue weighted by Gasteiger charge is -2.46. The van der Waals surface area contributed by atoms with E-state index in [0.717, 1.165) is 43.1 Å². The van der Waals surface area contributed by atoms with Crippen LogP contribution in [0.15, 0.2) is 12.4 Å². The van der Waals surface area contributed by atoms with Crippen LogP contribution >= 0.6 is 23.2 Å². The molecule has 7 heteroatoms. The third kappa shape index (κ3) is 6.15. The zero-order valence-corrected chi connectivity index (χ0v) is 19.8. The van der Waals surface area contributed by atoms with Gasteiger partial charge in [-0.15, -0.1) is 18.1 Å². The molecule has 0 aliphatic carbocycles. The summed E-state index contributed by atoms with van der Waals surface area (Å²) in [6.07, 6.45) is 5.27. The number of nitrogens with one attached hydrogen (secondary N) is 1. The average molecular weight is 433 g/mol. The third-order valence-electron chi connectivity index (χ3n) is 5.90. The Bertz CT molecular complexity index is 573. The van der Waals surface area contributed by atoms with Crippen LogP contribution < -0.4 is 5.32 Å². The van der Waals surface area contributed by atoms with E-state index in [1.807, 2.05) is 0 Å². The fraction of sp³-hybridized carbons (Fsp3) is 0.750. The van der Waals surface area contributed by atoms with Gasteiger partial charge in [0.2, 0.25) is 0 Å². The van der Waals surface area contributed by atoms with Crippen LogP contribution in [-0.4, -0.2) is 38.1 Å². The predicted molar refractivity (Wildman–Crippen MR) is 116 cm³/mol. The van der Waals surface area contributed by atoms with Gasteiger partial charge in [0.1, 0.15) is 0 Å². The van der Waals surface area contributed by atoms with Crippen LogP contribution in [0.25, 0.3) is 0 Å². The fourth-order valence-corrected chi connectivity index (χ4v) is 7.08. The van der Waals surface area contributed by atoms with Crippen molar-refractivity contribution in [2.75, 3.05) is 13.2 Å². The lowest BCUT2D eigenvalue weighted by Crippen LogP contribution is -2.46. The molecule has 1 aromatic heterocycles. The molecule has 0 amide bonds. The van der Waals surface area contributed by atoms with Gasteiger partial charge in [0, 0.05) is 30.5 Å². The van der Waals surface area contributed by atoms with E-state index in [1.165, 1.54) is 0 Å². The van der Waals surface area contributed by atoms with E-state index in [9.17, 15) is 0 Å². The maximum atomic E-state index is 6.80. The molecule has 2 rings (SSSR count). The van der Waals surface area contributed by atoms with Gasteiger partial charge in [-0.2, -0.15) is 0 Å². The van der Waals surface area contributed by atoms with Gasteiger partial charge in [0.15, 0.2) is 0 Å². The highest BCUT2D eigenvalue weighted by Gasteiger charge is 2.29. The van der Waals surface area contributed by atoms with Crippen molar-refractivity contribution in [2.45, 2.75) is 83.3 Å². The fourth-order valence-electron chi connectivity index (χ4n) is 3.67. The van der Waals surface area contributed by atoms with E-state index in [-0.39, 0.29) is 11.7 Å². The van der Waals surface area contributed by atoms with E-state index in [4.69, 9.17) is 32.4 Å². The smallest absolute Gasteiger partial charge is 0.0661 e. The first-order chi connectivity index (χ1) is 12.8. The molecule has 27 heavy (non-hydrogen) atoms. The largest absolute Gasteiger partial charge is 0.558 e. The second-order valence-corrected chi connectivity index (χ2v) is 13.6. The molecular weight excluding hydrogens is 399 g/mol. The molecule has 1 N–H and O–H groups in total. The Labute approximate surface area is 175 Å². The SMILES string of the molecule is CC[Si-](CC)(CC)OC(CNC1CCC(C)(C)OC1)c1c(Cl)cncc1Cl. The number of nitrogens with zero attached hydrogens (tertiary/aromatic N) is 1. The summed E-state index contributed by atoms with van der Waals surface area (Å²) in [7, 11) is -1.83. The second kappa shape index (κ2) is 10.0. The molecular formula is C20H34Cl2N2O2Si-. The van der Waals surface area contributed by atoms with Crippen LogP contribution in [0.4, 0.5) is 0 Å². The molecule has 1 aliphatic heterocycles. The van der Waals surface area contributed by atoms with Crippen LogP contribution in [0, 0.1) is 0 Å². The Hall–Kier alpha value is -0.173. The number of pyridine rings is 1. The van der Waals surface area contributed by atoms with Gasteiger partial charge in [0.25, 0.3) is 0 Å². The highest BCUT2D eigenvalue weighted by atomic mass is 35.5. The topological polar surface area (TPSA) is 43.4 Å². The summed E-state index contributed by atoms with van der Waals surface area (Å²) in [6, 6.07) is 3.57. The van der Waals surface area contributed by atoms with E-state index in [1.54, 1.807) is 12.4 Å². The first-order valence-electron chi connectivity index (χ1n) is 10.1. The monoisotopic (exact) mass is 432 g/mol. The number of hydrogen-bond donors (Lipinski definition) is 1. The molecule has 4 nitrogen and oxygen atoms in total. The zero-order valence-electron chi connectivity index (χ0n) is 17.3. The van der Waals surface area contributed by atoms with E-state index >= 15 is 0 Å². The number of ether oxygens (including phenoxy) is 1. The normalized spacial score (nSPS) is 21.2. The molecule has 2 atom stereocenters. The van der Waals surface area contributed by atoms with Gasteiger partial charge >= 0.3 is 0 Å². The highest BCUT2D eigenvalue weighted by Crippen LogP contribution is 2.36. The summed E-state index contributed by atoms with van der Waals surface area (Å²) in [6.45, 7) is 12.4. The second-order valence-electron chi connectivity index (χ2n) is 8.08. The number of halogens is 2. The predicted octanol–water partition coefficient (Wildman–Crippen LogP) is 6.00. The summed E-state index contributed by atoms with van der Waals surface area (Å²) in [5.74, 6) is 0. The van der Waals surface area contributed by atoms with Gasteiger partial charge < -0.3 is 14.5 Å². The van der Waals surface area contributed by atoms with Crippen molar-refractivity contribution in [3.8, 4) is 0 Å². The molecule has 0 aromatic carbocycles. The molecule has 0 bridgehead atoms. The minimum absolute atomic E-state index is 0.0273. The standard InChI is InChI=1S/C20H34Cl2N2O2Si/c1-6-27(7-2,8-3)26-18(19-16(21)11-23-12-17(19)22)13-24-15-9-10-20(4,5)25-14-15/h11-12,15,18,24H,6-10,13-14H2,1-5H3/q-1. The minimum Gasteiger partial charge on any atom is -0.558 e. The third-order valence-corrected chi connectivity index (χ3v) is 11.2. The summed E-state index contributed by atoms with van der Waals surface area (Å²) in [5, 5.41) is 4.78. The summed E-state index contributed by atoms with van der Waals surface area (Å²) in [4.78, 5) is 4.10. The molecule has 2 unspecified atom stereocenters. The van der Waals surface area contributed by atoms with Crippen LogP contribution in [0.1, 0.15) is 59.1 Å². The van der Waals surface area contributed by atoms with E-state index < -0.39 is 8.32 Å². The number of hydrogen-bond acceptors (Lipinski definition) is 4. The van der Waals surface area contributed by atoms with Crippen LogP contribution in [0.5, 0.6) is 0 Å². The lowest BCUT2D eigenvalue weighted by molar-refractivity contribution is -0.0662. The van der Waals surface area contributed by atoms with Crippen molar-refractivity contribution in [3.63, 3.8) is 0 Å². The maximum Gasteiger partial charge on any atom is 0.0661 e. The molecule has 155 valence electrons. The number of rotatable bonds is 9. The van der Waals surface area contributed by atoms with Crippen molar-refractivity contribution >= 4 is 31.5 Å².